The van der Waals surface area contributed by atoms with Crippen LogP contribution in [0.25, 0.3) is 0 Å². The minimum absolute atomic E-state index is 0.124. The molecule has 0 aromatic carbocycles. The molecule has 1 rings (SSSR count). The van der Waals surface area contributed by atoms with Gasteiger partial charge in [0, 0.05) is 17.8 Å². The highest BCUT2D eigenvalue weighted by Crippen LogP contribution is 2.22. The van der Waals surface area contributed by atoms with Gasteiger partial charge in [0.2, 0.25) is 0 Å². The van der Waals surface area contributed by atoms with Crippen LogP contribution in [0.2, 0.25) is 0 Å². The lowest BCUT2D eigenvalue weighted by Crippen LogP contribution is -2.22. The number of halogens is 1. The summed E-state index contributed by atoms with van der Waals surface area (Å²) in [6.45, 7) is 5.17. The molecule has 3 heteroatoms. The van der Waals surface area contributed by atoms with Crippen molar-refractivity contribution >= 4 is 0 Å². The second-order valence-corrected chi connectivity index (χ2v) is 5.42. The highest BCUT2D eigenvalue weighted by molar-refractivity contribution is 5.17. The summed E-state index contributed by atoms with van der Waals surface area (Å²) in [5.41, 5.74) is 0.757. The Morgan fingerprint density at radius 1 is 1.10 bits per heavy atom. The Labute approximate surface area is 123 Å². The summed E-state index contributed by atoms with van der Waals surface area (Å²) in [5, 5.41) is 3.38. The zero-order chi connectivity index (χ0) is 14.6. The van der Waals surface area contributed by atoms with Crippen molar-refractivity contribution in [3.63, 3.8) is 0 Å². The molecule has 1 heterocycles. The maximum absolute atomic E-state index is 13.8. The molecule has 2 nitrogen and oxygen atoms in total. The summed E-state index contributed by atoms with van der Waals surface area (Å²) >= 11 is 0. The molecule has 0 amide bonds. The first kappa shape index (κ1) is 17.1. The van der Waals surface area contributed by atoms with E-state index in [0.717, 1.165) is 24.9 Å². The Balaban J connectivity index is 2.31. The van der Waals surface area contributed by atoms with Gasteiger partial charge in [-0.1, -0.05) is 58.8 Å². The quantitative estimate of drug-likeness (QED) is 0.576. The van der Waals surface area contributed by atoms with E-state index in [1.54, 1.807) is 12.3 Å². The maximum atomic E-state index is 13.8. The SMILES string of the molecule is CCCCCCCCCC(NCC)c1ccncc1F. The monoisotopic (exact) mass is 280 g/mol. The molecule has 1 aromatic heterocycles. The fraction of sp³-hybridized carbons (Fsp3) is 0.706. The molecule has 0 aliphatic rings. The summed E-state index contributed by atoms with van der Waals surface area (Å²) in [4.78, 5) is 3.82. The predicted molar refractivity (Wildman–Crippen MR) is 83.2 cm³/mol. The van der Waals surface area contributed by atoms with Crippen molar-refractivity contribution in [3.8, 4) is 0 Å². The molecule has 0 bridgehead atoms. The van der Waals surface area contributed by atoms with Crippen molar-refractivity contribution in [3.05, 3.63) is 29.8 Å². The first-order chi connectivity index (χ1) is 9.79. The molecule has 1 aromatic rings. The highest BCUT2D eigenvalue weighted by atomic mass is 19.1. The van der Waals surface area contributed by atoms with Crippen LogP contribution in [0.15, 0.2) is 18.5 Å². The van der Waals surface area contributed by atoms with Gasteiger partial charge in [0.15, 0.2) is 0 Å². The zero-order valence-corrected chi connectivity index (χ0v) is 13.0. The summed E-state index contributed by atoms with van der Waals surface area (Å²) in [6.07, 6.45) is 13.0. The van der Waals surface area contributed by atoms with Crippen LogP contribution < -0.4 is 5.32 Å². The van der Waals surface area contributed by atoms with E-state index in [9.17, 15) is 4.39 Å². The van der Waals surface area contributed by atoms with E-state index in [-0.39, 0.29) is 11.9 Å². The number of nitrogens with one attached hydrogen (secondary N) is 1. The Hall–Kier alpha value is -0.960. The van der Waals surface area contributed by atoms with Crippen LogP contribution in [0.4, 0.5) is 4.39 Å². The molecule has 0 spiro atoms. The molecule has 0 saturated carbocycles. The summed E-state index contributed by atoms with van der Waals surface area (Å²) in [5.74, 6) is -0.193. The van der Waals surface area contributed by atoms with Crippen molar-refractivity contribution in [2.75, 3.05) is 6.54 Å². The first-order valence-corrected chi connectivity index (χ1v) is 8.12. The second-order valence-electron chi connectivity index (χ2n) is 5.42. The van der Waals surface area contributed by atoms with Gasteiger partial charge < -0.3 is 5.32 Å². The third-order valence-electron chi connectivity index (χ3n) is 3.73. The number of nitrogens with zero attached hydrogens (tertiary/aromatic N) is 1. The number of aromatic nitrogens is 1. The van der Waals surface area contributed by atoms with Crippen molar-refractivity contribution in [1.29, 1.82) is 0 Å². The lowest BCUT2D eigenvalue weighted by atomic mass is 10.00. The van der Waals surface area contributed by atoms with E-state index in [0.29, 0.717) is 0 Å². The minimum atomic E-state index is -0.193. The van der Waals surface area contributed by atoms with Crippen LogP contribution in [0, 0.1) is 5.82 Å². The van der Waals surface area contributed by atoms with Crippen LogP contribution in [-0.2, 0) is 0 Å². The molecule has 1 unspecified atom stereocenters. The Bertz CT molecular complexity index is 355. The van der Waals surface area contributed by atoms with E-state index in [1.807, 2.05) is 0 Å². The molecule has 114 valence electrons. The van der Waals surface area contributed by atoms with Crippen LogP contribution in [0.1, 0.15) is 76.8 Å². The van der Waals surface area contributed by atoms with E-state index < -0.39 is 0 Å². The topological polar surface area (TPSA) is 24.9 Å². The smallest absolute Gasteiger partial charge is 0.146 e. The molecule has 1 atom stereocenters. The predicted octanol–water partition coefficient (Wildman–Crippen LogP) is 5.01. The van der Waals surface area contributed by atoms with Gasteiger partial charge in [-0.25, -0.2) is 4.39 Å². The number of pyridine rings is 1. The third kappa shape index (κ3) is 6.47. The third-order valence-corrected chi connectivity index (χ3v) is 3.73. The van der Waals surface area contributed by atoms with Crippen molar-refractivity contribution in [1.82, 2.24) is 10.3 Å². The number of unbranched alkanes of at least 4 members (excludes halogenated alkanes) is 6. The Morgan fingerprint density at radius 2 is 1.80 bits per heavy atom. The molecule has 0 fully saturated rings. The highest BCUT2D eigenvalue weighted by Gasteiger charge is 2.14. The van der Waals surface area contributed by atoms with Gasteiger partial charge in [-0.3, -0.25) is 4.98 Å². The van der Waals surface area contributed by atoms with Gasteiger partial charge in [-0.05, 0) is 19.0 Å². The van der Waals surface area contributed by atoms with Gasteiger partial charge >= 0.3 is 0 Å². The normalized spacial score (nSPS) is 12.6. The maximum Gasteiger partial charge on any atom is 0.146 e. The van der Waals surface area contributed by atoms with Gasteiger partial charge in [0.05, 0.1) is 6.20 Å². The van der Waals surface area contributed by atoms with Crippen molar-refractivity contribution < 1.29 is 4.39 Å². The number of hydrogen-bond acceptors (Lipinski definition) is 2. The van der Waals surface area contributed by atoms with E-state index in [2.05, 4.69) is 24.1 Å². The van der Waals surface area contributed by atoms with Gasteiger partial charge in [0.1, 0.15) is 5.82 Å². The van der Waals surface area contributed by atoms with Crippen molar-refractivity contribution in [2.24, 2.45) is 0 Å². The molecule has 0 aliphatic heterocycles. The number of rotatable bonds is 11. The molecule has 0 aliphatic carbocycles. The first-order valence-electron chi connectivity index (χ1n) is 8.12. The Kier molecular flexibility index (Phi) is 9.22. The summed E-state index contributed by atoms with van der Waals surface area (Å²) < 4.78 is 13.8. The fourth-order valence-electron chi connectivity index (χ4n) is 2.59. The van der Waals surface area contributed by atoms with E-state index in [4.69, 9.17) is 0 Å². The molecule has 20 heavy (non-hydrogen) atoms. The van der Waals surface area contributed by atoms with Gasteiger partial charge in [-0.2, -0.15) is 0 Å². The zero-order valence-electron chi connectivity index (χ0n) is 13.0. The second kappa shape index (κ2) is 10.8. The van der Waals surface area contributed by atoms with Crippen LogP contribution in [-0.4, -0.2) is 11.5 Å². The van der Waals surface area contributed by atoms with Gasteiger partial charge in [0.25, 0.3) is 0 Å². The Morgan fingerprint density at radius 3 is 2.45 bits per heavy atom. The van der Waals surface area contributed by atoms with Crippen molar-refractivity contribution in [2.45, 2.75) is 71.3 Å². The molecular formula is C17H29FN2. The minimum Gasteiger partial charge on any atom is -0.310 e. The van der Waals surface area contributed by atoms with Crippen LogP contribution >= 0.6 is 0 Å². The summed E-state index contributed by atoms with van der Waals surface area (Å²) in [6, 6.07) is 1.92. The molecule has 0 radical (unpaired) electrons. The van der Waals surface area contributed by atoms with Crippen LogP contribution in [0.5, 0.6) is 0 Å². The molecular weight excluding hydrogens is 251 g/mol. The van der Waals surface area contributed by atoms with Gasteiger partial charge in [-0.15, -0.1) is 0 Å². The van der Waals surface area contributed by atoms with E-state index in [1.165, 1.54) is 44.7 Å². The molecule has 1 N–H and O–H groups in total. The average Bonchev–Trinajstić information content (AvgIpc) is 2.46. The number of hydrogen-bond donors (Lipinski definition) is 1. The largest absolute Gasteiger partial charge is 0.310 e. The average molecular weight is 280 g/mol. The van der Waals surface area contributed by atoms with Crippen LogP contribution in [0.3, 0.4) is 0 Å². The standard InChI is InChI=1S/C17H29FN2/c1-3-5-6-7-8-9-10-11-17(20-4-2)15-12-13-19-14-16(15)18/h12-14,17,20H,3-11H2,1-2H3. The van der Waals surface area contributed by atoms with E-state index >= 15 is 0 Å². The summed E-state index contributed by atoms with van der Waals surface area (Å²) in [7, 11) is 0. The fourth-order valence-corrected chi connectivity index (χ4v) is 2.59. The molecule has 0 saturated heterocycles. The lowest BCUT2D eigenvalue weighted by molar-refractivity contribution is 0.456. The lowest BCUT2D eigenvalue weighted by Gasteiger charge is -2.18.